The van der Waals surface area contributed by atoms with E-state index < -0.39 is 0 Å². The van der Waals surface area contributed by atoms with Gasteiger partial charge in [0.2, 0.25) is 0 Å². The second kappa shape index (κ2) is 5.51. The number of ether oxygens (including phenoxy) is 1. The lowest BCUT2D eigenvalue weighted by atomic mass is 9.85. The lowest BCUT2D eigenvalue weighted by Gasteiger charge is -2.46. The monoisotopic (exact) mass is 262 g/mol. The second-order valence-electron chi connectivity index (χ2n) is 6.14. The largest absolute Gasteiger partial charge is 0.496 e. The smallest absolute Gasteiger partial charge is 0.123 e. The summed E-state index contributed by atoms with van der Waals surface area (Å²) in [5.41, 5.74) is 8.86. The molecule has 1 aliphatic heterocycles. The summed E-state index contributed by atoms with van der Waals surface area (Å²) in [7, 11) is 1.74. The van der Waals surface area contributed by atoms with Crippen LogP contribution in [0.15, 0.2) is 18.2 Å². The van der Waals surface area contributed by atoms with Gasteiger partial charge in [-0.2, -0.15) is 0 Å². The molecule has 1 heterocycles. The summed E-state index contributed by atoms with van der Waals surface area (Å²) < 4.78 is 5.48. The summed E-state index contributed by atoms with van der Waals surface area (Å²) in [6.45, 7) is 8.64. The topological polar surface area (TPSA) is 38.5 Å². The molecule has 1 aromatic carbocycles. The van der Waals surface area contributed by atoms with Gasteiger partial charge in [0.05, 0.1) is 7.11 Å². The summed E-state index contributed by atoms with van der Waals surface area (Å²) in [4.78, 5) is 2.48. The van der Waals surface area contributed by atoms with E-state index in [1.165, 1.54) is 17.5 Å². The van der Waals surface area contributed by atoms with Crippen LogP contribution in [-0.2, 0) is 6.54 Å². The van der Waals surface area contributed by atoms with Gasteiger partial charge in [0.25, 0.3) is 0 Å². The Morgan fingerprint density at radius 2 is 2.16 bits per heavy atom. The van der Waals surface area contributed by atoms with E-state index in [4.69, 9.17) is 10.5 Å². The van der Waals surface area contributed by atoms with Gasteiger partial charge in [-0.1, -0.05) is 17.7 Å². The first-order chi connectivity index (χ1) is 8.95. The number of nitrogens with two attached hydrogens (primary N) is 1. The number of likely N-dealkylation sites (tertiary alicyclic amines) is 1. The van der Waals surface area contributed by atoms with Gasteiger partial charge in [0.15, 0.2) is 0 Å². The van der Waals surface area contributed by atoms with Gasteiger partial charge in [-0.25, -0.2) is 0 Å². The Kier molecular flexibility index (Phi) is 4.16. The Bertz CT molecular complexity index is 442. The molecule has 0 radical (unpaired) electrons. The molecule has 0 aromatic heterocycles. The molecule has 1 aromatic rings. The molecule has 3 heteroatoms. The molecule has 2 N–H and O–H groups in total. The summed E-state index contributed by atoms with van der Waals surface area (Å²) in [5.74, 6) is 0.973. The third kappa shape index (κ3) is 2.93. The summed E-state index contributed by atoms with van der Waals surface area (Å²) in [6, 6.07) is 6.61. The molecule has 19 heavy (non-hydrogen) atoms. The number of methoxy groups -OCH3 is 1. The van der Waals surface area contributed by atoms with E-state index in [0.717, 1.165) is 25.3 Å². The van der Waals surface area contributed by atoms with Crippen molar-refractivity contribution in [1.82, 2.24) is 4.90 Å². The first-order valence-corrected chi connectivity index (χ1v) is 7.09. The van der Waals surface area contributed by atoms with Gasteiger partial charge in [-0.3, -0.25) is 4.90 Å². The van der Waals surface area contributed by atoms with Crippen molar-refractivity contribution in [1.29, 1.82) is 0 Å². The minimum absolute atomic E-state index is 0.0486. The minimum Gasteiger partial charge on any atom is -0.496 e. The van der Waals surface area contributed by atoms with Gasteiger partial charge < -0.3 is 10.5 Å². The number of nitrogens with zero attached hydrogens (tertiary/aromatic N) is 1. The molecule has 2 rings (SSSR count). The first-order valence-electron chi connectivity index (χ1n) is 7.09. The number of benzene rings is 1. The van der Waals surface area contributed by atoms with E-state index >= 15 is 0 Å². The van der Waals surface area contributed by atoms with Crippen LogP contribution in [0.1, 0.15) is 37.8 Å². The Hall–Kier alpha value is -1.06. The molecule has 1 fully saturated rings. The van der Waals surface area contributed by atoms with E-state index in [9.17, 15) is 0 Å². The van der Waals surface area contributed by atoms with Crippen LogP contribution in [0.2, 0.25) is 0 Å². The van der Waals surface area contributed by atoms with Crippen molar-refractivity contribution in [3.63, 3.8) is 0 Å². The fourth-order valence-corrected chi connectivity index (χ4v) is 2.90. The van der Waals surface area contributed by atoms with Crippen molar-refractivity contribution in [3.8, 4) is 5.75 Å². The third-order valence-electron chi connectivity index (χ3n) is 4.46. The zero-order valence-corrected chi connectivity index (χ0v) is 12.6. The zero-order chi connectivity index (χ0) is 14.0. The Balaban J connectivity index is 2.22. The lowest BCUT2D eigenvalue weighted by molar-refractivity contribution is 0.0495. The summed E-state index contributed by atoms with van der Waals surface area (Å²) >= 11 is 0. The Morgan fingerprint density at radius 3 is 2.84 bits per heavy atom. The highest BCUT2D eigenvalue weighted by molar-refractivity contribution is 5.37. The molecule has 1 saturated heterocycles. The molecule has 3 nitrogen and oxygen atoms in total. The normalized spacial score (nSPS) is 23.3. The SMILES string of the molecule is COc1ccc(C)cc1CN1CCCC(N)C1(C)C. The van der Waals surface area contributed by atoms with E-state index in [2.05, 4.69) is 43.9 Å². The summed E-state index contributed by atoms with van der Waals surface area (Å²) in [5, 5.41) is 0. The average molecular weight is 262 g/mol. The predicted molar refractivity (Wildman–Crippen MR) is 79.4 cm³/mol. The molecule has 0 aliphatic carbocycles. The molecule has 1 aliphatic rings. The predicted octanol–water partition coefficient (Wildman–Crippen LogP) is 2.71. The number of rotatable bonds is 3. The molecule has 0 spiro atoms. The van der Waals surface area contributed by atoms with E-state index in [-0.39, 0.29) is 11.6 Å². The molecule has 1 atom stereocenters. The fourth-order valence-electron chi connectivity index (χ4n) is 2.90. The standard InChI is InChI=1S/C16H26N2O/c1-12-7-8-14(19-4)13(10-12)11-18-9-5-6-15(17)16(18,2)3/h7-8,10,15H,5-6,9,11,17H2,1-4H3. The molecule has 106 valence electrons. The van der Waals surface area contributed by atoms with Crippen molar-refractivity contribution in [2.45, 2.75) is 51.7 Å². The van der Waals surface area contributed by atoms with Crippen molar-refractivity contribution < 1.29 is 4.74 Å². The molecule has 1 unspecified atom stereocenters. The quantitative estimate of drug-likeness (QED) is 0.910. The third-order valence-corrected chi connectivity index (χ3v) is 4.46. The molecule has 0 saturated carbocycles. The van der Waals surface area contributed by atoms with Gasteiger partial charge >= 0.3 is 0 Å². The number of hydrogen-bond acceptors (Lipinski definition) is 3. The van der Waals surface area contributed by atoms with Crippen LogP contribution in [0.5, 0.6) is 5.75 Å². The maximum Gasteiger partial charge on any atom is 0.123 e. The molecule has 0 amide bonds. The highest BCUT2D eigenvalue weighted by atomic mass is 16.5. The highest BCUT2D eigenvalue weighted by Gasteiger charge is 2.36. The van der Waals surface area contributed by atoms with Crippen LogP contribution in [0, 0.1) is 6.92 Å². The maximum atomic E-state index is 6.28. The number of piperidine rings is 1. The fraction of sp³-hybridized carbons (Fsp3) is 0.625. The zero-order valence-electron chi connectivity index (χ0n) is 12.6. The van der Waals surface area contributed by atoms with E-state index in [0.29, 0.717) is 0 Å². The molecule has 0 bridgehead atoms. The van der Waals surface area contributed by atoms with Crippen LogP contribution >= 0.6 is 0 Å². The van der Waals surface area contributed by atoms with Crippen LogP contribution in [0.25, 0.3) is 0 Å². The van der Waals surface area contributed by atoms with Crippen molar-refractivity contribution >= 4 is 0 Å². The van der Waals surface area contributed by atoms with Crippen molar-refractivity contribution in [3.05, 3.63) is 29.3 Å². The molecular formula is C16H26N2O. The van der Waals surface area contributed by atoms with Crippen LogP contribution in [-0.4, -0.2) is 30.1 Å². The van der Waals surface area contributed by atoms with Gasteiger partial charge in [-0.15, -0.1) is 0 Å². The van der Waals surface area contributed by atoms with Crippen molar-refractivity contribution in [2.75, 3.05) is 13.7 Å². The maximum absolute atomic E-state index is 6.28. The Morgan fingerprint density at radius 1 is 1.42 bits per heavy atom. The van der Waals surface area contributed by atoms with Crippen LogP contribution < -0.4 is 10.5 Å². The number of hydrogen-bond donors (Lipinski definition) is 1. The average Bonchev–Trinajstić information content (AvgIpc) is 2.36. The number of aryl methyl sites for hydroxylation is 1. The van der Waals surface area contributed by atoms with Crippen LogP contribution in [0.4, 0.5) is 0 Å². The van der Waals surface area contributed by atoms with Gasteiger partial charge in [0.1, 0.15) is 5.75 Å². The molecular weight excluding hydrogens is 236 g/mol. The highest BCUT2D eigenvalue weighted by Crippen LogP contribution is 2.30. The van der Waals surface area contributed by atoms with E-state index in [1.54, 1.807) is 7.11 Å². The Labute approximate surface area is 116 Å². The lowest BCUT2D eigenvalue weighted by Crippen LogP contribution is -2.59. The van der Waals surface area contributed by atoms with Gasteiger partial charge in [0, 0.05) is 23.7 Å². The summed E-state index contributed by atoms with van der Waals surface area (Å²) in [6.07, 6.45) is 2.30. The minimum atomic E-state index is 0.0486. The van der Waals surface area contributed by atoms with Crippen LogP contribution in [0.3, 0.4) is 0 Å². The first kappa shape index (κ1) is 14.4. The van der Waals surface area contributed by atoms with Gasteiger partial charge in [-0.05, 0) is 46.2 Å². The van der Waals surface area contributed by atoms with Crippen molar-refractivity contribution in [2.24, 2.45) is 5.73 Å². The second-order valence-corrected chi connectivity index (χ2v) is 6.14. The van der Waals surface area contributed by atoms with E-state index in [1.807, 2.05) is 0 Å².